The average molecular weight is 307 g/mol. The maximum absolute atomic E-state index is 6.01. The zero-order valence-corrected chi connectivity index (χ0v) is 12.3. The van der Waals surface area contributed by atoms with Gasteiger partial charge in [0.2, 0.25) is 6.79 Å². The third kappa shape index (κ3) is 1.63. The van der Waals surface area contributed by atoms with Crippen LogP contribution in [-0.4, -0.2) is 16.2 Å². The summed E-state index contributed by atoms with van der Waals surface area (Å²) in [5, 5.41) is 0. The second-order valence-corrected chi connectivity index (χ2v) is 6.02. The lowest BCUT2D eigenvalue weighted by Gasteiger charge is -2.05. The number of hydrogen-bond donors (Lipinski definition) is 0. The Morgan fingerprint density at radius 3 is 3.05 bits per heavy atom. The first-order valence-corrected chi connectivity index (χ1v) is 7.55. The Kier molecular flexibility index (Phi) is 2.65. The monoisotopic (exact) mass is 306 g/mol. The average Bonchev–Trinajstić information content (AvgIpc) is 3.11. The second-order valence-electron chi connectivity index (χ2n) is 4.58. The number of halogens is 1. The molecule has 102 valence electrons. The normalized spacial score (nSPS) is 13.3. The molecule has 4 rings (SSSR count). The summed E-state index contributed by atoms with van der Waals surface area (Å²) >= 11 is 7.67. The van der Waals surface area contributed by atoms with E-state index in [4.69, 9.17) is 21.1 Å². The van der Waals surface area contributed by atoms with Gasteiger partial charge in [-0.3, -0.25) is 4.40 Å². The molecular formula is C14H11ClN2O2S. The Morgan fingerprint density at radius 2 is 2.20 bits per heavy atom. The number of ether oxygens (including phenoxy) is 2. The first kappa shape index (κ1) is 12.1. The van der Waals surface area contributed by atoms with Gasteiger partial charge in [0.15, 0.2) is 16.5 Å². The number of imidazole rings is 1. The van der Waals surface area contributed by atoms with Gasteiger partial charge >= 0.3 is 0 Å². The summed E-state index contributed by atoms with van der Waals surface area (Å²) in [6, 6.07) is 5.99. The molecule has 1 aromatic carbocycles. The van der Waals surface area contributed by atoms with Crippen molar-refractivity contribution in [2.75, 3.05) is 6.79 Å². The highest BCUT2D eigenvalue weighted by atomic mass is 35.5. The molecule has 0 bridgehead atoms. The molecule has 0 atom stereocenters. The number of aryl methyl sites for hydroxylation is 1. The fourth-order valence-corrected chi connectivity index (χ4v) is 3.67. The van der Waals surface area contributed by atoms with E-state index in [0.29, 0.717) is 5.88 Å². The smallest absolute Gasteiger partial charge is 0.231 e. The van der Waals surface area contributed by atoms with Crippen molar-refractivity contribution in [2.24, 2.45) is 0 Å². The van der Waals surface area contributed by atoms with Gasteiger partial charge in [-0.2, -0.15) is 0 Å². The molecule has 0 N–H and O–H groups in total. The van der Waals surface area contributed by atoms with Crippen LogP contribution in [0, 0.1) is 6.92 Å². The van der Waals surface area contributed by atoms with Gasteiger partial charge in [0, 0.05) is 10.4 Å². The largest absolute Gasteiger partial charge is 0.454 e. The third-order valence-electron chi connectivity index (χ3n) is 3.39. The van der Waals surface area contributed by atoms with Gasteiger partial charge in [0.05, 0.1) is 23.5 Å². The summed E-state index contributed by atoms with van der Waals surface area (Å²) in [7, 11) is 0. The maximum Gasteiger partial charge on any atom is 0.231 e. The highest BCUT2D eigenvalue weighted by Gasteiger charge is 2.19. The van der Waals surface area contributed by atoms with Crippen LogP contribution in [0.2, 0.25) is 0 Å². The standard InChI is InChI=1S/C14H11ClN2O2S/c1-8-13(17-10(5-15)6-16-14(17)20-8)9-2-3-11-12(4-9)19-7-18-11/h2-4,6H,5,7H2,1H3. The van der Waals surface area contributed by atoms with Crippen molar-refractivity contribution in [1.29, 1.82) is 0 Å². The summed E-state index contributed by atoms with van der Waals surface area (Å²) in [6.45, 7) is 2.38. The number of benzene rings is 1. The fraction of sp³-hybridized carbons (Fsp3) is 0.214. The molecule has 3 aromatic rings. The Hall–Kier alpha value is -1.72. The topological polar surface area (TPSA) is 35.8 Å². The molecule has 4 nitrogen and oxygen atoms in total. The van der Waals surface area contributed by atoms with Crippen LogP contribution in [0.1, 0.15) is 10.6 Å². The molecule has 0 amide bonds. The summed E-state index contributed by atoms with van der Waals surface area (Å²) in [4.78, 5) is 6.58. The van der Waals surface area contributed by atoms with Crippen molar-refractivity contribution in [3.8, 4) is 22.8 Å². The van der Waals surface area contributed by atoms with E-state index in [1.807, 2.05) is 24.4 Å². The summed E-state index contributed by atoms with van der Waals surface area (Å²) in [6.07, 6.45) is 1.83. The predicted molar refractivity (Wildman–Crippen MR) is 78.9 cm³/mol. The molecule has 0 fully saturated rings. The molecule has 1 aliphatic rings. The van der Waals surface area contributed by atoms with Crippen LogP contribution in [-0.2, 0) is 5.88 Å². The highest BCUT2D eigenvalue weighted by Crippen LogP contribution is 2.39. The molecule has 1 aliphatic heterocycles. The Balaban J connectivity index is 1.97. The number of thiazole rings is 1. The van der Waals surface area contributed by atoms with Gasteiger partial charge in [-0.1, -0.05) is 0 Å². The van der Waals surface area contributed by atoms with Gasteiger partial charge in [0.25, 0.3) is 0 Å². The number of hydrogen-bond acceptors (Lipinski definition) is 4. The minimum absolute atomic E-state index is 0.287. The van der Waals surface area contributed by atoms with Gasteiger partial charge in [0.1, 0.15) is 0 Å². The first-order chi connectivity index (χ1) is 9.78. The van der Waals surface area contributed by atoms with Crippen LogP contribution in [0.5, 0.6) is 11.5 Å². The van der Waals surface area contributed by atoms with E-state index >= 15 is 0 Å². The predicted octanol–water partition coefficient (Wildman–Crippen LogP) is 3.84. The van der Waals surface area contributed by atoms with Crippen molar-refractivity contribution in [1.82, 2.24) is 9.38 Å². The van der Waals surface area contributed by atoms with Crippen LogP contribution in [0.4, 0.5) is 0 Å². The van der Waals surface area contributed by atoms with Crippen molar-refractivity contribution in [2.45, 2.75) is 12.8 Å². The zero-order chi connectivity index (χ0) is 13.7. The van der Waals surface area contributed by atoms with E-state index in [0.717, 1.165) is 33.4 Å². The Labute approximate surface area is 124 Å². The molecule has 0 radical (unpaired) electrons. The first-order valence-electron chi connectivity index (χ1n) is 6.19. The van der Waals surface area contributed by atoms with Crippen molar-refractivity contribution in [3.05, 3.63) is 35.0 Å². The number of aromatic nitrogens is 2. The summed E-state index contributed by atoms with van der Waals surface area (Å²) < 4.78 is 12.9. The van der Waals surface area contributed by atoms with E-state index in [9.17, 15) is 0 Å². The van der Waals surface area contributed by atoms with Crippen molar-refractivity contribution >= 4 is 27.9 Å². The number of fused-ring (bicyclic) bond motifs is 2. The zero-order valence-electron chi connectivity index (χ0n) is 10.7. The molecule has 2 aromatic heterocycles. The van der Waals surface area contributed by atoms with Gasteiger partial charge in [-0.05, 0) is 25.1 Å². The van der Waals surface area contributed by atoms with Crippen LogP contribution < -0.4 is 9.47 Å². The third-order valence-corrected chi connectivity index (χ3v) is 4.63. The second kappa shape index (κ2) is 4.40. The van der Waals surface area contributed by atoms with Crippen LogP contribution in [0.25, 0.3) is 16.2 Å². The number of nitrogens with zero attached hydrogens (tertiary/aromatic N) is 2. The van der Waals surface area contributed by atoms with Gasteiger partial charge in [-0.25, -0.2) is 4.98 Å². The molecular weight excluding hydrogens is 296 g/mol. The van der Waals surface area contributed by atoms with Crippen LogP contribution in [0.15, 0.2) is 24.4 Å². The lowest BCUT2D eigenvalue weighted by Crippen LogP contribution is -1.93. The fourth-order valence-electron chi connectivity index (χ4n) is 2.49. The van der Waals surface area contributed by atoms with Crippen LogP contribution in [0.3, 0.4) is 0 Å². The molecule has 0 aliphatic carbocycles. The van der Waals surface area contributed by atoms with E-state index in [-0.39, 0.29) is 6.79 Å². The molecule has 20 heavy (non-hydrogen) atoms. The SMILES string of the molecule is Cc1sc2ncc(CCl)n2c1-c1ccc2c(c1)OCO2. The lowest BCUT2D eigenvalue weighted by atomic mass is 10.1. The van der Waals surface area contributed by atoms with Crippen LogP contribution >= 0.6 is 22.9 Å². The Morgan fingerprint density at radius 1 is 1.35 bits per heavy atom. The molecule has 0 spiro atoms. The van der Waals surface area contributed by atoms with Gasteiger partial charge < -0.3 is 9.47 Å². The molecule has 6 heteroatoms. The quantitative estimate of drug-likeness (QED) is 0.675. The van der Waals surface area contributed by atoms with Gasteiger partial charge in [-0.15, -0.1) is 22.9 Å². The summed E-state index contributed by atoms with van der Waals surface area (Å²) in [5.74, 6) is 2.02. The van der Waals surface area contributed by atoms with E-state index in [1.165, 1.54) is 4.88 Å². The molecule has 0 saturated carbocycles. The van der Waals surface area contributed by atoms with Crippen molar-refractivity contribution in [3.63, 3.8) is 0 Å². The lowest BCUT2D eigenvalue weighted by molar-refractivity contribution is 0.174. The van der Waals surface area contributed by atoms with Crippen molar-refractivity contribution < 1.29 is 9.47 Å². The van der Waals surface area contributed by atoms with E-state index in [2.05, 4.69) is 16.3 Å². The number of alkyl halides is 1. The van der Waals surface area contributed by atoms with E-state index < -0.39 is 0 Å². The highest BCUT2D eigenvalue weighted by molar-refractivity contribution is 7.17. The molecule has 0 unspecified atom stereocenters. The minimum Gasteiger partial charge on any atom is -0.454 e. The molecule has 0 saturated heterocycles. The minimum atomic E-state index is 0.287. The maximum atomic E-state index is 6.01. The number of rotatable bonds is 2. The molecule has 3 heterocycles. The van der Waals surface area contributed by atoms with E-state index in [1.54, 1.807) is 11.3 Å². The Bertz CT molecular complexity index is 809. The summed E-state index contributed by atoms with van der Waals surface area (Å²) in [5.41, 5.74) is 3.21.